The Morgan fingerprint density at radius 1 is 0.889 bits per heavy atom. The summed E-state index contributed by atoms with van der Waals surface area (Å²) in [5.41, 5.74) is 1.48. The number of carbonyl (C=O) groups is 4. The molecule has 0 unspecified atom stereocenters. The number of rotatable bonds is 14. The number of halogens is 1. The van der Waals surface area contributed by atoms with Crippen LogP contribution in [0, 0.1) is 11.2 Å². The fourth-order valence-electron chi connectivity index (χ4n) is 5.09. The van der Waals surface area contributed by atoms with E-state index in [2.05, 4.69) is 16.0 Å². The molecular formula is C40H51FN4O9. The van der Waals surface area contributed by atoms with Crippen molar-refractivity contribution in [2.75, 3.05) is 17.7 Å². The summed E-state index contributed by atoms with van der Waals surface area (Å²) >= 11 is 0. The van der Waals surface area contributed by atoms with Crippen molar-refractivity contribution in [2.45, 2.75) is 106 Å². The summed E-state index contributed by atoms with van der Waals surface area (Å²) in [4.78, 5) is 50.1. The number of carbonyl (C=O) groups excluding carboxylic acids is 4. The number of anilines is 2. The van der Waals surface area contributed by atoms with E-state index in [4.69, 9.17) is 29.1 Å². The predicted octanol–water partition coefficient (Wildman–Crippen LogP) is 7.67. The summed E-state index contributed by atoms with van der Waals surface area (Å²) in [7, 11) is 1.31. The quantitative estimate of drug-likeness (QED) is 0.0554. The van der Waals surface area contributed by atoms with Crippen LogP contribution in [0.25, 0.3) is 0 Å². The first-order valence-corrected chi connectivity index (χ1v) is 17.4. The molecule has 0 aliphatic heterocycles. The topological polar surface area (TPSA) is 174 Å². The number of amidine groups is 1. The molecule has 292 valence electrons. The Balaban J connectivity index is 1.94. The molecule has 3 rings (SSSR count). The second-order valence-electron chi connectivity index (χ2n) is 14.7. The van der Waals surface area contributed by atoms with E-state index < -0.39 is 41.0 Å². The fraction of sp³-hybridized carbons (Fsp3) is 0.425. The number of hydrogen-bond donors (Lipinski definition) is 4. The Morgan fingerprint density at radius 3 is 2.11 bits per heavy atom. The van der Waals surface area contributed by atoms with E-state index in [1.807, 2.05) is 19.9 Å². The highest BCUT2D eigenvalue weighted by Crippen LogP contribution is 2.32. The lowest BCUT2D eigenvalue weighted by molar-refractivity contribution is -0.154. The Morgan fingerprint density at radius 2 is 1.54 bits per heavy atom. The zero-order valence-corrected chi connectivity index (χ0v) is 32.6. The standard InChI is InChI=1S/C40H51FN4O9/c1-23(2)52-33-18-25(22-51-24(3)46)17-27(29(33)15-16-35(47)53-39(4,5)6)21-43-32-20-34(50-10)31(41)19-30(32)37(48)44-28-13-11-26(12-14-28)36(42)45-38(49)54-40(7,8)9/h11-14,17-20,23,43H,15-16,21-22H2,1-10H3,(H,44,48)(H2,42,45,49). The maximum Gasteiger partial charge on any atom is 0.413 e. The van der Waals surface area contributed by atoms with Crippen LogP contribution in [0.3, 0.4) is 0 Å². The average molecular weight is 751 g/mol. The van der Waals surface area contributed by atoms with Gasteiger partial charge in [0.25, 0.3) is 5.91 Å². The van der Waals surface area contributed by atoms with Crippen molar-refractivity contribution in [3.05, 3.63) is 82.2 Å². The Hall–Kier alpha value is -5.66. The molecular weight excluding hydrogens is 699 g/mol. The van der Waals surface area contributed by atoms with Crippen LogP contribution in [0.15, 0.2) is 48.5 Å². The van der Waals surface area contributed by atoms with Gasteiger partial charge in [-0.05, 0) is 115 Å². The van der Waals surface area contributed by atoms with Crippen molar-refractivity contribution in [3.8, 4) is 11.5 Å². The third-order valence-electron chi connectivity index (χ3n) is 7.23. The monoisotopic (exact) mass is 750 g/mol. The molecule has 14 heteroatoms. The van der Waals surface area contributed by atoms with Crippen LogP contribution in [-0.4, -0.2) is 54.2 Å². The predicted molar refractivity (Wildman–Crippen MR) is 203 cm³/mol. The number of hydrogen-bond acceptors (Lipinski definition) is 11. The molecule has 2 amide bonds. The van der Waals surface area contributed by atoms with Gasteiger partial charge in [0.15, 0.2) is 11.6 Å². The lowest BCUT2D eigenvalue weighted by Gasteiger charge is -2.22. The van der Waals surface area contributed by atoms with Gasteiger partial charge in [-0.25, -0.2) is 9.18 Å². The third kappa shape index (κ3) is 13.7. The average Bonchev–Trinajstić information content (AvgIpc) is 3.04. The van der Waals surface area contributed by atoms with E-state index in [9.17, 15) is 19.2 Å². The van der Waals surface area contributed by atoms with Crippen molar-refractivity contribution in [2.24, 2.45) is 0 Å². The van der Waals surface area contributed by atoms with Gasteiger partial charge in [-0.15, -0.1) is 0 Å². The van der Waals surface area contributed by atoms with Crippen LogP contribution in [0.5, 0.6) is 11.5 Å². The lowest BCUT2D eigenvalue weighted by atomic mass is 9.98. The van der Waals surface area contributed by atoms with Crippen LogP contribution >= 0.6 is 0 Å². The van der Waals surface area contributed by atoms with Gasteiger partial charge in [-0.3, -0.25) is 25.1 Å². The molecule has 0 aliphatic rings. The zero-order chi connectivity index (χ0) is 40.4. The molecule has 0 heterocycles. The molecule has 4 N–H and O–H groups in total. The van der Waals surface area contributed by atoms with E-state index in [-0.39, 0.29) is 54.9 Å². The fourth-order valence-corrected chi connectivity index (χ4v) is 5.09. The van der Waals surface area contributed by atoms with Gasteiger partial charge in [0.05, 0.1) is 24.5 Å². The van der Waals surface area contributed by atoms with E-state index in [0.717, 1.165) is 6.07 Å². The molecule has 0 saturated heterocycles. The Bertz CT molecular complexity index is 1850. The highest BCUT2D eigenvalue weighted by Gasteiger charge is 2.22. The summed E-state index contributed by atoms with van der Waals surface area (Å²) in [6.07, 6.45) is -0.702. The first kappa shape index (κ1) is 42.8. The number of alkyl carbamates (subject to hydrolysis) is 1. The summed E-state index contributed by atoms with van der Waals surface area (Å²) in [5.74, 6) is -2.09. The Kier molecular flexibility index (Phi) is 14.6. The molecule has 0 radical (unpaired) electrons. The normalized spacial score (nSPS) is 11.3. The van der Waals surface area contributed by atoms with Crippen molar-refractivity contribution < 1.29 is 47.3 Å². The summed E-state index contributed by atoms with van der Waals surface area (Å²) in [6, 6.07) is 12.1. The van der Waals surface area contributed by atoms with Gasteiger partial charge in [-0.1, -0.05) is 6.07 Å². The second-order valence-corrected chi connectivity index (χ2v) is 14.7. The molecule has 0 bridgehead atoms. The van der Waals surface area contributed by atoms with Gasteiger partial charge in [0.2, 0.25) is 0 Å². The molecule has 13 nitrogen and oxygen atoms in total. The van der Waals surface area contributed by atoms with Crippen molar-refractivity contribution in [1.82, 2.24) is 5.32 Å². The molecule has 0 fully saturated rings. The van der Waals surface area contributed by atoms with E-state index in [0.29, 0.717) is 33.7 Å². The lowest BCUT2D eigenvalue weighted by Crippen LogP contribution is -2.36. The van der Waals surface area contributed by atoms with Crippen molar-refractivity contribution in [3.63, 3.8) is 0 Å². The first-order valence-electron chi connectivity index (χ1n) is 17.4. The van der Waals surface area contributed by atoms with Crippen LogP contribution in [0.2, 0.25) is 0 Å². The van der Waals surface area contributed by atoms with E-state index >= 15 is 4.39 Å². The number of ether oxygens (including phenoxy) is 5. The van der Waals surface area contributed by atoms with Crippen LogP contribution in [0.4, 0.5) is 20.6 Å². The molecule has 54 heavy (non-hydrogen) atoms. The van der Waals surface area contributed by atoms with Crippen molar-refractivity contribution in [1.29, 1.82) is 5.41 Å². The molecule has 0 spiro atoms. The number of benzene rings is 3. The summed E-state index contributed by atoms with van der Waals surface area (Å²) < 4.78 is 42.5. The van der Waals surface area contributed by atoms with E-state index in [1.54, 1.807) is 47.6 Å². The smallest absolute Gasteiger partial charge is 0.413 e. The highest BCUT2D eigenvalue weighted by molar-refractivity contribution is 6.09. The number of amides is 2. The van der Waals surface area contributed by atoms with Gasteiger partial charge in [0, 0.05) is 37.2 Å². The summed E-state index contributed by atoms with van der Waals surface area (Å²) in [5, 5.41) is 16.5. The molecule has 0 atom stereocenters. The maximum absolute atomic E-state index is 15.1. The Labute approximate surface area is 315 Å². The molecule has 3 aromatic rings. The first-order chi connectivity index (χ1) is 25.1. The van der Waals surface area contributed by atoms with Gasteiger partial charge < -0.3 is 34.3 Å². The molecule has 0 aromatic heterocycles. The van der Waals surface area contributed by atoms with Gasteiger partial charge in [-0.2, -0.15) is 0 Å². The number of methoxy groups -OCH3 is 1. The van der Waals surface area contributed by atoms with Gasteiger partial charge >= 0.3 is 18.0 Å². The zero-order valence-electron chi connectivity index (χ0n) is 32.6. The molecule has 0 aliphatic carbocycles. The minimum Gasteiger partial charge on any atom is -0.494 e. The van der Waals surface area contributed by atoms with Crippen molar-refractivity contribution >= 4 is 41.1 Å². The largest absolute Gasteiger partial charge is 0.494 e. The SMILES string of the molecule is COc1cc(NCc2cc(COC(C)=O)cc(OC(C)C)c2CCC(=O)OC(C)(C)C)c(C(=O)Nc2ccc(C(=N)NC(=O)OC(C)(C)C)cc2)cc1F. The van der Waals surface area contributed by atoms with Gasteiger partial charge in [0.1, 0.15) is 29.4 Å². The maximum atomic E-state index is 15.1. The molecule has 0 saturated carbocycles. The molecule has 3 aromatic carbocycles. The van der Waals surface area contributed by atoms with Crippen LogP contribution in [0.1, 0.15) is 101 Å². The summed E-state index contributed by atoms with van der Waals surface area (Å²) in [6.45, 7) is 15.6. The number of nitrogens with one attached hydrogen (secondary N) is 4. The minimum absolute atomic E-state index is 0.0313. The third-order valence-corrected chi connectivity index (χ3v) is 7.23. The number of esters is 2. The minimum atomic E-state index is -0.776. The van der Waals surface area contributed by atoms with Crippen LogP contribution < -0.4 is 25.4 Å². The van der Waals surface area contributed by atoms with Crippen LogP contribution in [-0.2, 0) is 43.4 Å². The highest BCUT2D eigenvalue weighted by atomic mass is 19.1. The second kappa shape index (κ2) is 18.4. The van der Waals surface area contributed by atoms with E-state index in [1.165, 1.54) is 44.4 Å².